The summed E-state index contributed by atoms with van der Waals surface area (Å²) in [7, 11) is 0. The Balaban J connectivity index is 1.36. The molecule has 1 spiro atoms. The third-order valence-electron chi connectivity index (χ3n) is 7.65. The van der Waals surface area contributed by atoms with Gasteiger partial charge in [-0.25, -0.2) is 4.98 Å². The summed E-state index contributed by atoms with van der Waals surface area (Å²) >= 11 is 0. The summed E-state index contributed by atoms with van der Waals surface area (Å²) in [6, 6.07) is 8.22. The average Bonchev–Trinajstić information content (AvgIpc) is 3.72. The third-order valence-corrected chi connectivity index (χ3v) is 7.65. The van der Waals surface area contributed by atoms with Crippen LogP contribution in [-0.2, 0) is 11.2 Å². The highest BCUT2D eigenvalue weighted by Crippen LogP contribution is 2.40. The number of para-hydroxylation sites is 1. The molecule has 1 aromatic heterocycles. The van der Waals surface area contributed by atoms with Crippen LogP contribution >= 0.6 is 0 Å². The van der Waals surface area contributed by atoms with Crippen LogP contribution in [0.2, 0.25) is 0 Å². The van der Waals surface area contributed by atoms with Gasteiger partial charge in [-0.2, -0.15) is 0 Å². The van der Waals surface area contributed by atoms with Gasteiger partial charge in [0.1, 0.15) is 18.1 Å². The summed E-state index contributed by atoms with van der Waals surface area (Å²) in [6.07, 6.45) is 12.9. The molecule has 180 valence electrons. The molecule has 0 unspecified atom stereocenters. The monoisotopic (exact) mass is 462 g/mol. The molecule has 34 heavy (non-hydrogen) atoms. The maximum absolute atomic E-state index is 13.5. The van der Waals surface area contributed by atoms with Crippen LogP contribution in [-0.4, -0.2) is 64.4 Å². The minimum atomic E-state index is -0.0992. The second-order valence-corrected chi connectivity index (χ2v) is 10.1. The van der Waals surface area contributed by atoms with Crippen molar-refractivity contribution >= 4 is 11.8 Å². The number of fused-ring (bicyclic) bond motifs is 1. The molecular weight excluding hydrogens is 428 g/mol. The van der Waals surface area contributed by atoms with Crippen molar-refractivity contribution in [1.82, 2.24) is 19.8 Å². The first kappa shape index (κ1) is 22.8. The lowest BCUT2D eigenvalue weighted by molar-refractivity contribution is -0.135. The van der Waals surface area contributed by atoms with E-state index in [1.807, 2.05) is 17.0 Å². The molecule has 2 aliphatic heterocycles. The van der Waals surface area contributed by atoms with Crippen molar-refractivity contribution in [1.29, 1.82) is 0 Å². The van der Waals surface area contributed by atoms with Crippen molar-refractivity contribution in [2.24, 2.45) is 11.3 Å². The topological polar surface area (TPSA) is 75.6 Å². The van der Waals surface area contributed by atoms with E-state index in [2.05, 4.69) is 27.0 Å². The summed E-state index contributed by atoms with van der Waals surface area (Å²) in [5.74, 6) is 1.41. The van der Waals surface area contributed by atoms with Gasteiger partial charge in [-0.3, -0.25) is 14.6 Å². The SMILES string of the molecule is O=C(c1cnccn1)N1CCOc2ccccc2CCCCC2(CCN(C(=O)C3CC3)CC2)C1. The first-order valence-corrected chi connectivity index (χ1v) is 12.7. The predicted molar refractivity (Wildman–Crippen MR) is 128 cm³/mol. The van der Waals surface area contributed by atoms with E-state index in [0.717, 1.165) is 70.2 Å². The molecule has 7 heteroatoms. The van der Waals surface area contributed by atoms with Crippen molar-refractivity contribution in [3.63, 3.8) is 0 Å². The number of hydrogen-bond acceptors (Lipinski definition) is 5. The third kappa shape index (κ3) is 5.24. The molecule has 0 radical (unpaired) electrons. The van der Waals surface area contributed by atoms with Crippen LogP contribution < -0.4 is 4.74 Å². The highest BCUT2D eigenvalue weighted by atomic mass is 16.5. The van der Waals surface area contributed by atoms with E-state index < -0.39 is 0 Å². The molecule has 1 aliphatic carbocycles. The number of benzene rings is 1. The molecule has 0 atom stereocenters. The van der Waals surface area contributed by atoms with Gasteiger partial charge in [-0.05, 0) is 62.0 Å². The van der Waals surface area contributed by atoms with E-state index in [0.29, 0.717) is 31.3 Å². The Labute approximate surface area is 201 Å². The van der Waals surface area contributed by atoms with Gasteiger partial charge in [0.25, 0.3) is 5.91 Å². The van der Waals surface area contributed by atoms with Gasteiger partial charge in [-0.1, -0.05) is 24.6 Å². The van der Waals surface area contributed by atoms with Gasteiger partial charge in [0, 0.05) is 37.9 Å². The number of amides is 2. The number of nitrogens with zero attached hydrogens (tertiary/aromatic N) is 4. The fraction of sp³-hybridized carbons (Fsp3) is 0.556. The Morgan fingerprint density at radius 2 is 1.79 bits per heavy atom. The van der Waals surface area contributed by atoms with Crippen LogP contribution in [0.3, 0.4) is 0 Å². The average molecular weight is 463 g/mol. The Morgan fingerprint density at radius 1 is 0.971 bits per heavy atom. The minimum Gasteiger partial charge on any atom is -0.491 e. The zero-order valence-corrected chi connectivity index (χ0v) is 19.8. The van der Waals surface area contributed by atoms with E-state index in [-0.39, 0.29) is 17.2 Å². The van der Waals surface area contributed by atoms with Crippen LogP contribution in [0.4, 0.5) is 0 Å². The summed E-state index contributed by atoms with van der Waals surface area (Å²) in [5.41, 5.74) is 1.61. The molecule has 0 N–H and O–H groups in total. The molecule has 5 rings (SSSR count). The van der Waals surface area contributed by atoms with Gasteiger partial charge < -0.3 is 14.5 Å². The Bertz CT molecular complexity index is 1000. The number of carbonyl (C=O) groups is 2. The van der Waals surface area contributed by atoms with Crippen molar-refractivity contribution in [3.05, 3.63) is 54.1 Å². The lowest BCUT2D eigenvalue weighted by Gasteiger charge is -2.45. The van der Waals surface area contributed by atoms with Crippen LogP contribution in [0.25, 0.3) is 0 Å². The number of hydrogen-bond donors (Lipinski definition) is 0. The van der Waals surface area contributed by atoms with Gasteiger partial charge in [0.15, 0.2) is 0 Å². The normalized spacial score (nSPS) is 21.1. The largest absolute Gasteiger partial charge is 0.491 e. The predicted octanol–water partition coefficient (Wildman–Crippen LogP) is 3.74. The van der Waals surface area contributed by atoms with Crippen molar-refractivity contribution < 1.29 is 14.3 Å². The molecule has 3 aliphatic rings. The zero-order valence-electron chi connectivity index (χ0n) is 19.8. The number of aromatic nitrogens is 2. The van der Waals surface area contributed by atoms with E-state index in [1.165, 1.54) is 11.8 Å². The summed E-state index contributed by atoms with van der Waals surface area (Å²) in [6.45, 7) is 3.18. The Kier molecular flexibility index (Phi) is 6.79. The fourth-order valence-electron chi connectivity index (χ4n) is 5.44. The lowest BCUT2D eigenvalue weighted by atomic mass is 9.73. The van der Waals surface area contributed by atoms with Crippen molar-refractivity contribution in [3.8, 4) is 5.75 Å². The van der Waals surface area contributed by atoms with E-state index in [9.17, 15) is 9.59 Å². The van der Waals surface area contributed by atoms with Crippen LogP contribution in [0.15, 0.2) is 42.9 Å². The van der Waals surface area contributed by atoms with Crippen molar-refractivity contribution in [2.75, 3.05) is 32.8 Å². The molecule has 7 nitrogen and oxygen atoms in total. The number of rotatable bonds is 2. The zero-order chi connectivity index (χ0) is 23.4. The first-order chi connectivity index (χ1) is 16.6. The van der Waals surface area contributed by atoms with Crippen molar-refractivity contribution in [2.45, 2.75) is 51.4 Å². The number of ether oxygens (including phenoxy) is 1. The molecule has 1 saturated heterocycles. The minimum absolute atomic E-state index is 0.0108. The van der Waals surface area contributed by atoms with E-state index >= 15 is 0 Å². The summed E-state index contributed by atoms with van der Waals surface area (Å²) in [5, 5.41) is 0. The standard InChI is InChI=1S/C27H34N4O3/c32-25(22-8-9-22)30-15-11-27(12-16-30)10-4-3-6-21-5-1-2-7-24(21)34-18-17-31(20-27)26(33)23-19-28-13-14-29-23/h1-2,5,7,13-14,19,22H,3-4,6,8-12,15-18,20H2. The maximum Gasteiger partial charge on any atom is 0.274 e. The van der Waals surface area contributed by atoms with Gasteiger partial charge in [-0.15, -0.1) is 0 Å². The number of likely N-dealkylation sites (tertiary alicyclic amines) is 1. The molecular formula is C27H34N4O3. The molecule has 2 fully saturated rings. The number of carbonyl (C=O) groups excluding carboxylic acids is 2. The van der Waals surface area contributed by atoms with E-state index in [4.69, 9.17) is 4.74 Å². The fourth-order valence-corrected chi connectivity index (χ4v) is 5.44. The molecule has 0 bridgehead atoms. The molecule has 2 amide bonds. The first-order valence-electron chi connectivity index (χ1n) is 12.7. The Hall–Kier alpha value is -2.96. The highest BCUT2D eigenvalue weighted by Gasteiger charge is 2.41. The van der Waals surface area contributed by atoms with Gasteiger partial charge in [0.05, 0.1) is 12.7 Å². The molecule has 1 aromatic carbocycles. The summed E-state index contributed by atoms with van der Waals surface area (Å²) < 4.78 is 6.15. The quantitative estimate of drug-likeness (QED) is 0.680. The van der Waals surface area contributed by atoms with E-state index in [1.54, 1.807) is 12.4 Å². The molecule has 3 heterocycles. The Morgan fingerprint density at radius 3 is 2.56 bits per heavy atom. The van der Waals surface area contributed by atoms with Crippen LogP contribution in [0.5, 0.6) is 5.75 Å². The number of aryl methyl sites for hydroxylation is 1. The summed E-state index contributed by atoms with van der Waals surface area (Å²) in [4.78, 5) is 38.4. The van der Waals surface area contributed by atoms with Gasteiger partial charge in [0.2, 0.25) is 5.91 Å². The number of piperidine rings is 1. The highest BCUT2D eigenvalue weighted by molar-refractivity contribution is 5.92. The van der Waals surface area contributed by atoms with Gasteiger partial charge >= 0.3 is 0 Å². The van der Waals surface area contributed by atoms with Crippen LogP contribution in [0, 0.1) is 11.3 Å². The second-order valence-electron chi connectivity index (χ2n) is 10.1. The molecule has 1 saturated carbocycles. The maximum atomic E-state index is 13.5. The lowest BCUT2D eigenvalue weighted by Crippen LogP contribution is -2.50. The second kappa shape index (κ2) is 10.1. The van der Waals surface area contributed by atoms with Crippen LogP contribution in [0.1, 0.15) is 61.0 Å². The smallest absolute Gasteiger partial charge is 0.274 e. The molecule has 2 aromatic rings.